The molecule has 1 amide bonds. The van der Waals surface area contributed by atoms with Gasteiger partial charge in [-0.3, -0.25) is 9.48 Å². The zero-order chi connectivity index (χ0) is 16.5. The number of fused-ring (bicyclic) bond motifs is 1. The van der Waals surface area contributed by atoms with Crippen molar-refractivity contribution in [2.75, 3.05) is 13.2 Å². The lowest BCUT2D eigenvalue weighted by Gasteiger charge is -2.37. The maximum atomic E-state index is 13.0. The molecular weight excluding hydrogens is 302 g/mol. The normalized spacial score (nSPS) is 23.3. The Hall–Kier alpha value is -2.14. The van der Waals surface area contributed by atoms with Crippen LogP contribution in [0.25, 0.3) is 0 Å². The second kappa shape index (κ2) is 6.40. The largest absolute Gasteiger partial charge is 0.374 e. The minimum absolute atomic E-state index is 0.104. The van der Waals surface area contributed by atoms with E-state index in [1.165, 1.54) is 5.56 Å². The van der Waals surface area contributed by atoms with E-state index in [0.717, 1.165) is 30.5 Å². The molecule has 1 saturated heterocycles. The molecule has 0 bridgehead atoms. The summed E-state index contributed by atoms with van der Waals surface area (Å²) in [6.07, 6.45) is 5.21. The average molecular weight is 325 g/mol. The molecule has 1 aliphatic carbocycles. The van der Waals surface area contributed by atoms with Gasteiger partial charge in [-0.2, -0.15) is 5.10 Å². The summed E-state index contributed by atoms with van der Waals surface area (Å²) in [7, 11) is 0. The van der Waals surface area contributed by atoms with E-state index in [1.807, 2.05) is 34.7 Å². The van der Waals surface area contributed by atoms with Gasteiger partial charge in [-0.1, -0.05) is 30.3 Å². The predicted molar refractivity (Wildman–Crippen MR) is 90.9 cm³/mol. The van der Waals surface area contributed by atoms with Gasteiger partial charge < -0.3 is 9.64 Å². The minimum Gasteiger partial charge on any atom is -0.374 e. The van der Waals surface area contributed by atoms with Gasteiger partial charge in [-0.05, 0) is 31.7 Å². The van der Waals surface area contributed by atoms with Crippen LogP contribution in [-0.2, 0) is 11.3 Å². The molecule has 5 nitrogen and oxygen atoms in total. The molecular formula is C19H23N3O2. The third-order valence-corrected chi connectivity index (χ3v) is 5.25. The fourth-order valence-corrected chi connectivity index (χ4v) is 3.90. The Morgan fingerprint density at radius 2 is 2.12 bits per heavy atom. The van der Waals surface area contributed by atoms with Crippen LogP contribution in [0.3, 0.4) is 0 Å². The summed E-state index contributed by atoms with van der Waals surface area (Å²) in [5.74, 6) is 0.104. The van der Waals surface area contributed by atoms with Crippen molar-refractivity contribution >= 4 is 5.91 Å². The first kappa shape index (κ1) is 15.4. The Labute approximate surface area is 142 Å². The van der Waals surface area contributed by atoms with E-state index in [2.05, 4.69) is 17.2 Å². The van der Waals surface area contributed by atoms with Crippen LogP contribution in [-0.4, -0.2) is 45.9 Å². The van der Waals surface area contributed by atoms with Crippen molar-refractivity contribution in [3.05, 3.63) is 53.3 Å². The summed E-state index contributed by atoms with van der Waals surface area (Å²) in [5, 5.41) is 4.45. The van der Waals surface area contributed by atoms with E-state index in [-0.39, 0.29) is 18.1 Å². The second-order valence-corrected chi connectivity index (χ2v) is 6.69. The highest BCUT2D eigenvalue weighted by Gasteiger charge is 2.39. The number of hydrogen-bond acceptors (Lipinski definition) is 3. The first-order valence-corrected chi connectivity index (χ1v) is 8.73. The molecule has 126 valence electrons. The molecule has 1 aromatic carbocycles. The Morgan fingerprint density at radius 3 is 2.96 bits per heavy atom. The highest BCUT2D eigenvalue weighted by atomic mass is 16.5. The number of ether oxygens (including phenoxy) is 1. The fourth-order valence-electron chi connectivity index (χ4n) is 3.90. The number of nitrogens with zero attached hydrogens (tertiary/aromatic N) is 3. The summed E-state index contributed by atoms with van der Waals surface area (Å²) in [6.45, 7) is 4.00. The first-order chi connectivity index (χ1) is 11.7. The smallest absolute Gasteiger partial charge is 0.257 e. The molecule has 5 heteroatoms. The number of rotatable bonds is 3. The van der Waals surface area contributed by atoms with Gasteiger partial charge in [0.05, 0.1) is 37.1 Å². The topological polar surface area (TPSA) is 47.4 Å². The number of hydrogen-bond donors (Lipinski definition) is 0. The maximum absolute atomic E-state index is 13.0. The third kappa shape index (κ3) is 2.73. The van der Waals surface area contributed by atoms with Crippen LogP contribution in [0, 0.1) is 6.92 Å². The molecule has 0 radical (unpaired) electrons. The van der Waals surface area contributed by atoms with E-state index >= 15 is 0 Å². The maximum Gasteiger partial charge on any atom is 0.257 e. The zero-order valence-corrected chi connectivity index (χ0v) is 14.0. The predicted octanol–water partition coefficient (Wildman–Crippen LogP) is 2.63. The second-order valence-electron chi connectivity index (χ2n) is 6.69. The summed E-state index contributed by atoms with van der Waals surface area (Å²) in [4.78, 5) is 15.1. The van der Waals surface area contributed by atoms with Gasteiger partial charge in [0, 0.05) is 12.2 Å². The van der Waals surface area contributed by atoms with Crippen LogP contribution >= 0.6 is 0 Å². The van der Waals surface area contributed by atoms with Crippen LogP contribution in [0.1, 0.15) is 40.9 Å². The van der Waals surface area contributed by atoms with Gasteiger partial charge in [0.15, 0.2) is 0 Å². The number of aromatic nitrogens is 2. The molecule has 0 N–H and O–H groups in total. The quantitative estimate of drug-likeness (QED) is 0.871. The Kier molecular flexibility index (Phi) is 4.10. The van der Waals surface area contributed by atoms with Crippen molar-refractivity contribution in [3.63, 3.8) is 0 Å². The van der Waals surface area contributed by atoms with Gasteiger partial charge in [-0.25, -0.2) is 0 Å². The van der Waals surface area contributed by atoms with Gasteiger partial charge >= 0.3 is 0 Å². The van der Waals surface area contributed by atoms with E-state index in [9.17, 15) is 4.79 Å². The number of carbonyl (C=O) groups excluding carboxylic acids is 1. The van der Waals surface area contributed by atoms with Crippen LogP contribution in [0.5, 0.6) is 0 Å². The molecule has 2 fully saturated rings. The summed E-state index contributed by atoms with van der Waals surface area (Å²) >= 11 is 0. The molecule has 0 unspecified atom stereocenters. The number of amides is 1. The Bertz CT molecular complexity index is 725. The molecule has 1 saturated carbocycles. The molecule has 2 aromatic rings. The molecule has 2 atom stereocenters. The van der Waals surface area contributed by atoms with E-state index < -0.39 is 0 Å². The Morgan fingerprint density at radius 1 is 1.29 bits per heavy atom. The molecule has 2 aliphatic rings. The fraction of sp³-hybridized carbons (Fsp3) is 0.474. The van der Waals surface area contributed by atoms with Crippen molar-refractivity contribution < 1.29 is 9.53 Å². The monoisotopic (exact) mass is 325 g/mol. The summed E-state index contributed by atoms with van der Waals surface area (Å²) in [5.41, 5.74) is 2.84. The lowest BCUT2D eigenvalue weighted by Crippen LogP contribution is -2.51. The SMILES string of the molecule is Cc1c(C(=O)N2CCO[C@@H]3CCC[C@@H]32)cnn1Cc1ccccc1. The van der Waals surface area contributed by atoms with Gasteiger partial charge in [0.1, 0.15) is 0 Å². The van der Waals surface area contributed by atoms with Crippen molar-refractivity contribution in [2.45, 2.75) is 44.9 Å². The van der Waals surface area contributed by atoms with Crippen molar-refractivity contribution in [2.24, 2.45) is 0 Å². The van der Waals surface area contributed by atoms with Crippen LogP contribution in [0.2, 0.25) is 0 Å². The number of carbonyl (C=O) groups is 1. The summed E-state index contributed by atoms with van der Waals surface area (Å²) < 4.78 is 7.73. The van der Waals surface area contributed by atoms with Crippen LogP contribution in [0.4, 0.5) is 0 Å². The van der Waals surface area contributed by atoms with Crippen molar-refractivity contribution in [1.82, 2.24) is 14.7 Å². The molecule has 1 aliphatic heterocycles. The molecule has 2 heterocycles. The molecule has 1 aromatic heterocycles. The average Bonchev–Trinajstić information content (AvgIpc) is 3.22. The highest BCUT2D eigenvalue weighted by molar-refractivity contribution is 5.95. The van der Waals surface area contributed by atoms with Gasteiger partial charge in [-0.15, -0.1) is 0 Å². The molecule has 0 spiro atoms. The van der Waals surface area contributed by atoms with E-state index in [0.29, 0.717) is 19.7 Å². The number of morpholine rings is 1. The lowest BCUT2D eigenvalue weighted by atomic mass is 10.1. The third-order valence-electron chi connectivity index (χ3n) is 5.25. The molecule has 4 rings (SSSR count). The van der Waals surface area contributed by atoms with Crippen LogP contribution < -0.4 is 0 Å². The first-order valence-electron chi connectivity index (χ1n) is 8.73. The minimum atomic E-state index is 0.104. The van der Waals surface area contributed by atoms with E-state index in [4.69, 9.17) is 4.74 Å². The van der Waals surface area contributed by atoms with Crippen molar-refractivity contribution in [3.8, 4) is 0 Å². The van der Waals surface area contributed by atoms with Crippen molar-refractivity contribution in [1.29, 1.82) is 0 Å². The molecule has 24 heavy (non-hydrogen) atoms. The summed E-state index contributed by atoms with van der Waals surface area (Å²) in [6, 6.07) is 10.4. The van der Waals surface area contributed by atoms with Gasteiger partial charge in [0.2, 0.25) is 0 Å². The van der Waals surface area contributed by atoms with E-state index in [1.54, 1.807) is 6.20 Å². The van der Waals surface area contributed by atoms with Crippen LogP contribution in [0.15, 0.2) is 36.5 Å². The standard InChI is InChI=1S/C19H23N3O2/c1-14-16(12-20-22(14)13-15-6-3-2-4-7-15)19(23)21-10-11-24-18-9-5-8-17(18)21/h2-4,6-7,12,17-18H,5,8-11,13H2,1H3/t17-,18+/m0/s1. The number of benzene rings is 1. The zero-order valence-electron chi connectivity index (χ0n) is 14.0. The lowest BCUT2D eigenvalue weighted by molar-refractivity contribution is -0.0445. The Balaban J connectivity index is 1.55. The highest BCUT2D eigenvalue weighted by Crippen LogP contribution is 2.31. The van der Waals surface area contributed by atoms with Gasteiger partial charge in [0.25, 0.3) is 5.91 Å².